The molecule has 2 aromatic rings. The van der Waals surface area contributed by atoms with E-state index in [1.165, 1.54) is 6.07 Å². The topological polar surface area (TPSA) is 58.4 Å². The number of piperidine rings is 1. The summed E-state index contributed by atoms with van der Waals surface area (Å²) in [5, 5.41) is 6.69. The molecular formula is C20H25F2N3O2. The first kappa shape index (κ1) is 19.5. The molecule has 0 aliphatic carbocycles. The Kier molecular flexibility index (Phi) is 6.55. The lowest BCUT2D eigenvalue weighted by Gasteiger charge is -2.31. The third kappa shape index (κ3) is 5.85. The Morgan fingerprint density at radius 1 is 1.33 bits per heavy atom. The number of amides is 1. The van der Waals surface area contributed by atoms with E-state index in [0.29, 0.717) is 17.9 Å². The maximum Gasteiger partial charge on any atom is 0.220 e. The van der Waals surface area contributed by atoms with E-state index in [2.05, 4.69) is 15.4 Å². The minimum atomic E-state index is -0.897. The summed E-state index contributed by atoms with van der Waals surface area (Å²) in [5.41, 5.74) is 1.43. The van der Waals surface area contributed by atoms with E-state index >= 15 is 0 Å². The highest BCUT2D eigenvalue weighted by Crippen LogP contribution is 2.22. The molecule has 1 saturated heterocycles. The van der Waals surface area contributed by atoms with E-state index in [4.69, 9.17) is 4.52 Å². The van der Waals surface area contributed by atoms with Crippen molar-refractivity contribution in [1.29, 1.82) is 0 Å². The van der Waals surface area contributed by atoms with Crippen molar-refractivity contribution in [3.8, 4) is 0 Å². The van der Waals surface area contributed by atoms with Crippen LogP contribution in [0.3, 0.4) is 0 Å². The van der Waals surface area contributed by atoms with E-state index in [1.54, 1.807) is 0 Å². The van der Waals surface area contributed by atoms with Gasteiger partial charge in [-0.05, 0) is 56.3 Å². The van der Waals surface area contributed by atoms with Gasteiger partial charge in [0, 0.05) is 25.6 Å². The first-order valence-corrected chi connectivity index (χ1v) is 9.35. The molecule has 7 heteroatoms. The van der Waals surface area contributed by atoms with E-state index in [0.717, 1.165) is 62.5 Å². The molecule has 0 spiro atoms. The molecule has 5 nitrogen and oxygen atoms in total. The van der Waals surface area contributed by atoms with E-state index in [9.17, 15) is 13.6 Å². The fraction of sp³-hybridized carbons (Fsp3) is 0.500. The van der Waals surface area contributed by atoms with Crippen LogP contribution in [0.4, 0.5) is 8.78 Å². The minimum Gasteiger partial charge on any atom is -0.360 e. The second kappa shape index (κ2) is 9.08. The van der Waals surface area contributed by atoms with Gasteiger partial charge in [0.2, 0.25) is 5.91 Å². The highest BCUT2D eigenvalue weighted by molar-refractivity contribution is 5.75. The number of aromatic nitrogens is 1. The number of nitrogens with zero attached hydrogens (tertiary/aromatic N) is 2. The average Bonchev–Trinajstić information content (AvgIpc) is 3.06. The Balaban J connectivity index is 1.39. The Bertz CT molecular complexity index is 778. The molecule has 3 rings (SSSR count). The zero-order valence-electron chi connectivity index (χ0n) is 15.5. The Morgan fingerprint density at radius 3 is 2.93 bits per heavy atom. The normalized spacial score (nSPS) is 17.8. The third-order valence-corrected chi connectivity index (χ3v) is 4.91. The summed E-state index contributed by atoms with van der Waals surface area (Å²) in [5.74, 6) is -0.504. The van der Waals surface area contributed by atoms with Gasteiger partial charge in [0.05, 0.1) is 12.2 Å². The summed E-state index contributed by atoms with van der Waals surface area (Å²) < 4.78 is 31.4. The van der Waals surface area contributed by atoms with Crippen LogP contribution in [0.15, 0.2) is 28.8 Å². The molecule has 0 bridgehead atoms. The first-order chi connectivity index (χ1) is 13.0. The van der Waals surface area contributed by atoms with Crippen molar-refractivity contribution >= 4 is 5.91 Å². The van der Waals surface area contributed by atoms with Gasteiger partial charge in [-0.3, -0.25) is 9.69 Å². The fourth-order valence-electron chi connectivity index (χ4n) is 3.52. The molecule has 1 atom stereocenters. The number of aryl methyl sites for hydroxylation is 1. The van der Waals surface area contributed by atoms with Crippen LogP contribution in [0.5, 0.6) is 0 Å². The SMILES string of the molecule is Cc1cc(CN2CCC[C@H](CCC(=O)NCc3ccc(F)c(F)c3)C2)on1. The van der Waals surface area contributed by atoms with Gasteiger partial charge < -0.3 is 9.84 Å². The lowest BCUT2D eigenvalue weighted by atomic mass is 9.93. The number of halogens is 2. The monoisotopic (exact) mass is 377 g/mol. The summed E-state index contributed by atoms with van der Waals surface area (Å²) in [6, 6.07) is 5.61. The molecule has 1 aliphatic heterocycles. The predicted molar refractivity (Wildman–Crippen MR) is 96.7 cm³/mol. The lowest BCUT2D eigenvalue weighted by molar-refractivity contribution is -0.121. The van der Waals surface area contributed by atoms with Gasteiger partial charge in [-0.25, -0.2) is 8.78 Å². The average molecular weight is 377 g/mol. The molecule has 1 aliphatic rings. The van der Waals surface area contributed by atoms with Crippen molar-refractivity contribution in [2.45, 2.75) is 45.7 Å². The minimum absolute atomic E-state index is 0.0669. The number of rotatable bonds is 7. The van der Waals surface area contributed by atoms with Crippen molar-refractivity contribution in [2.24, 2.45) is 5.92 Å². The van der Waals surface area contributed by atoms with Gasteiger partial charge in [-0.1, -0.05) is 11.2 Å². The van der Waals surface area contributed by atoms with Crippen LogP contribution >= 0.6 is 0 Å². The van der Waals surface area contributed by atoms with Crippen LogP contribution in [-0.4, -0.2) is 29.1 Å². The summed E-state index contributed by atoms with van der Waals surface area (Å²) >= 11 is 0. The van der Waals surface area contributed by atoms with E-state index in [-0.39, 0.29) is 12.5 Å². The standard InChI is InChI=1S/C20H25F2N3O2/c1-14-9-17(27-24-14)13-25-8-2-3-15(12-25)5-7-20(26)23-11-16-4-6-18(21)19(22)10-16/h4,6,9-10,15H,2-3,5,7-8,11-13H2,1H3,(H,23,26)/t15-/m1/s1. The Labute approximate surface area is 157 Å². The molecule has 0 saturated carbocycles. The fourth-order valence-corrected chi connectivity index (χ4v) is 3.52. The van der Waals surface area contributed by atoms with Crippen molar-refractivity contribution in [3.05, 3.63) is 52.9 Å². The number of carbonyl (C=O) groups is 1. The van der Waals surface area contributed by atoms with Gasteiger partial charge in [0.25, 0.3) is 0 Å². The molecule has 1 N–H and O–H groups in total. The maximum atomic E-state index is 13.2. The quantitative estimate of drug-likeness (QED) is 0.801. The smallest absolute Gasteiger partial charge is 0.220 e. The molecule has 0 unspecified atom stereocenters. The number of hydrogen-bond acceptors (Lipinski definition) is 4. The van der Waals surface area contributed by atoms with Gasteiger partial charge >= 0.3 is 0 Å². The molecular weight excluding hydrogens is 352 g/mol. The van der Waals surface area contributed by atoms with Crippen LogP contribution in [0.2, 0.25) is 0 Å². The van der Waals surface area contributed by atoms with Crippen LogP contribution in [0, 0.1) is 24.5 Å². The van der Waals surface area contributed by atoms with Crippen molar-refractivity contribution in [2.75, 3.05) is 13.1 Å². The molecule has 1 amide bonds. The van der Waals surface area contributed by atoms with Crippen LogP contribution < -0.4 is 5.32 Å². The van der Waals surface area contributed by atoms with Crippen LogP contribution in [-0.2, 0) is 17.9 Å². The van der Waals surface area contributed by atoms with Gasteiger partial charge in [-0.2, -0.15) is 0 Å². The van der Waals surface area contributed by atoms with Crippen LogP contribution in [0.25, 0.3) is 0 Å². The molecule has 1 fully saturated rings. The van der Waals surface area contributed by atoms with Crippen molar-refractivity contribution in [3.63, 3.8) is 0 Å². The van der Waals surface area contributed by atoms with Gasteiger partial charge in [0.15, 0.2) is 17.4 Å². The second-order valence-corrected chi connectivity index (χ2v) is 7.24. The number of nitrogens with one attached hydrogen (secondary N) is 1. The summed E-state index contributed by atoms with van der Waals surface area (Å²) in [7, 11) is 0. The zero-order valence-corrected chi connectivity index (χ0v) is 15.5. The second-order valence-electron chi connectivity index (χ2n) is 7.24. The summed E-state index contributed by atoms with van der Waals surface area (Å²) in [4.78, 5) is 14.4. The Morgan fingerprint density at radius 2 is 2.19 bits per heavy atom. The Hall–Kier alpha value is -2.28. The lowest BCUT2D eigenvalue weighted by Crippen LogP contribution is -2.35. The predicted octanol–water partition coefficient (Wildman–Crippen LogP) is 3.57. The van der Waals surface area contributed by atoms with Gasteiger partial charge in [0.1, 0.15) is 0 Å². The summed E-state index contributed by atoms with van der Waals surface area (Å²) in [6.45, 7) is 4.83. The molecule has 1 aromatic heterocycles. The van der Waals surface area contributed by atoms with Crippen molar-refractivity contribution < 1.29 is 18.1 Å². The van der Waals surface area contributed by atoms with Crippen molar-refractivity contribution in [1.82, 2.24) is 15.4 Å². The molecule has 2 heterocycles. The van der Waals surface area contributed by atoms with E-state index in [1.807, 2.05) is 13.0 Å². The van der Waals surface area contributed by atoms with Crippen LogP contribution in [0.1, 0.15) is 42.7 Å². The number of carbonyl (C=O) groups excluding carboxylic acids is 1. The maximum absolute atomic E-state index is 13.2. The molecule has 1 aromatic carbocycles. The molecule has 146 valence electrons. The number of benzene rings is 1. The molecule has 27 heavy (non-hydrogen) atoms. The molecule has 0 radical (unpaired) electrons. The van der Waals surface area contributed by atoms with Gasteiger partial charge in [-0.15, -0.1) is 0 Å². The number of hydrogen-bond donors (Lipinski definition) is 1. The van der Waals surface area contributed by atoms with E-state index < -0.39 is 11.6 Å². The highest BCUT2D eigenvalue weighted by Gasteiger charge is 2.21. The number of likely N-dealkylation sites (tertiary alicyclic amines) is 1. The first-order valence-electron chi connectivity index (χ1n) is 9.35. The largest absolute Gasteiger partial charge is 0.360 e. The third-order valence-electron chi connectivity index (χ3n) is 4.91. The highest BCUT2D eigenvalue weighted by atomic mass is 19.2. The summed E-state index contributed by atoms with van der Waals surface area (Å²) in [6.07, 6.45) is 3.47. The zero-order chi connectivity index (χ0) is 19.2.